The fourth-order valence-corrected chi connectivity index (χ4v) is 3.36. The molecule has 1 saturated heterocycles. The lowest BCUT2D eigenvalue weighted by atomic mass is 9.98. The summed E-state index contributed by atoms with van der Waals surface area (Å²) in [7, 11) is 0. The Morgan fingerprint density at radius 1 is 1.35 bits per heavy atom. The Morgan fingerprint density at radius 3 is 2.61 bits per heavy atom. The molecule has 5 nitrogen and oxygen atoms in total. The van der Waals surface area contributed by atoms with Crippen LogP contribution in [0.4, 0.5) is 10.5 Å². The third-order valence-electron chi connectivity index (χ3n) is 4.21. The topological polar surface area (TPSA) is 65.5 Å². The molecule has 1 aliphatic rings. The van der Waals surface area contributed by atoms with E-state index in [1.807, 2.05) is 41.5 Å². The third kappa shape index (κ3) is 3.89. The SMILES string of the molecule is Cc1nc(-c2ccc(NC(=O)N3CCC(CO)CC3)cc2)cs1. The number of rotatable bonds is 3. The number of aliphatic hydroxyl groups is 1. The molecule has 1 aliphatic heterocycles. The molecule has 122 valence electrons. The number of nitrogens with one attached hydrogen (secondary N) is 1. The number of benzene rings is 1. The number of thiazole rings is 1. The summed E-state index contributed by atoms with van der Waals surface area (Å²) in [6.45, 7) is 3.61. The zero-order chi connectivity index (χ0) is 16.2. The molecule has 1 aromatic carbocycles. The second-order valence-electron chi connectivity index (χ2n) is 5.87. The first kappa shape index (κ1) is 16.0. The van der Waals surface area contributed by atoms with E-state index in [9.17, 15) is 4.79 Å². The van der Waals surface area contributed by atoms with Gasteiger partial charge in [0.1, 0.15) is 0 Å². The summed E-state index contributed by atoms with van der Waals surface area (Å²) >= 11 is 1.63. The molecule has 1 fully saturated rings. The van der Waals surface area contributed by atoms with Crippen LogP contribution in [-0.4, -0.2) is 40.7 Å². The molecule has 0 unspecified atom stereocenters. The van der Waals surface area contributed by atoms with Gasteiger partial charge in [0, 0.05) is 36.3 Å². The minimum Gasteiger partial charge on any atom is -0.396 e. The van der Waals surface area contributed by atoms with Gasteiger partial charge in [0.2, 0.25) is 0 Å². The van der Waals surface area contributed by atoms with Gasteiger partial charge in [0.05, 0.1) is 10.7 Å². The summed E-state index contributed by atoms with van der Waals surface area (Å²) in [4.78, 5) is 18.5. The Hall–Kier alpha value is -1.92. The number of anilines is 1. The van der Waals surface area contributed by atoms with E-state index in [2.05, 4.69) is 10.3 Å². The van der Waals surface area contributed by atoms with E-state index >= 15 is 0 Å². The van der Waals surface area contributed by atoms with Crippen molar-refractivity contribution < 1.29 is 9.90 Å². The van der Waals surface area contributed by atoms with E-state index in [4.69, 9.17) is 5.11 Å². The van der Waals surface area contributed by atoms with Crippen molar-refractivity contribution in [2.45, 2.75) is 19.8 Å². The first-order valence-electron chi connectivity index (χ1n) is 7.85. The number of urea groups is 1. The molecule has 0 bridgehead atoms. The monoisotopic (exact) mass is 331 g/mol. The molecule has 2 N–H and O–H groups in total. The molecule has 2 aromatic rings. The maximum absolute atomic E-state index is 12.3. The number of nitrogens with zero attached hydrogens (tertiary/aromatic N) is 2. The Labute approximate surface area is 140 Å². The van der Waals surface area contributed by atoms with Crippen LogP contribution in [0.3, 0.4) is 0 Å². The van der Waals surface area contributed by atoms with Gasteiger partial charge < -0.3 is 15.3 Å². The minimum atomic E-state index is -0.0707. The van der Waals surface area contributed by atoms with Gasteiger partial charge in [-0.2, -0.15) is 0 Å². The van der Waals surface area contributed by atoms with Crippen LogP contribution in [-0.2, 0) is 0 Å². The third-order valence-corrected chi connectivity index (χ3v) is 4.98. The van der Waals surface area contributed by atoms with Gasteiger partial charge in [-0.1, -0.05) is 12.1 Å². The Bertz CT molecular complexity index is 661. The van der Waals surface area contributed by atoms with E-state index < -0.39 is 0 Å². The number of piperidine rings is 1. The first-order valence-corrected chi connectivity index (χ1v) is 8.73. The standard InChI is InChI=1S/C17H21N3O2S/c1-12-18-16(11-23-12)14-2-4-15(5-3-14)19-17(22)20-8-6-13(10-21)7-9-20/h2-5,11,13,21H,6-10H2,1H3,(H,19,22). The molecule has 0 saturated carbocycles. The van der Waals surface area contributed by atoms with Crippen LogP contribution in [0.1, 0.15) is 17.8 Å². The zero-order valence-electron chi connectivity index (χ0n) is 13.2. The number of aromatic nitrogens is 1. The van der Waals surface area contributed by atoms with Gasteiger partial charge >= 0.3 is 6.03 Å². The molecule has 0 spiro atoms. The van der Waals surface area contributed by atoms with Gasteiger partial charge in [-0.25, -0.2) is 9.78 Å². The number of likely N-dealkylation sites (tertiary alicyclic amines) is 1. The number of carbonyl (C=O) groups excluding carboxylic acids is 1. The number of aliphatic hydroxyl groups excluding tert-OH is 1. The molecule has 2 heterocycles. The highest BCUT2D eigenvalue weighted by atomic mass is 32.1. The van der Waals surface area contributed by atoms with Gasteiger partial charge in [-0.3, -0.25) is 0 Å². The smallest absolute Gasteiger partial charge is 0.321 e. The van der Waals surface area contributed by atoms with E-state index in [-0.39, 0.29) is 12.6 Å². The Balaban J connectivity index is 1.59. The highest BCUT2D eigenvalue weighted by Gasteiger charge is 2.22. The number of aryl methyl sites for hydroxylation is 1. The van der Waals surface area contributed by atoms with Crippen LogP contribution in [0.15, 0.2) is 29.6 Å². The molecule has 6 heteroatoms. The normalized spacial score (nSPS) is 15.7. The maximum Gasteiger partial charge on any atom is 0.321 e. The molecular formula is C17H21N3O2S. The highest BCUT2D eigenvalue weighted by Crippen LogP contribution is 2.23. The average molecular weight is 331 g/mol. The van der Waals surface area contributed by atoms with Gasteiger partial charge in [0.15, 0.2) is 0 Å². The maximum atomic E-state index is 12.3. The lowest BCUT2D eigenvalue weighted by molar-refractivity contribution is 0.143. The molecule has 0 atom stereocenters. The van der Waals surface area contributed by atoms with Gasteiger partial charge in [-0.05, 0) is 37.8 Å². The molecular weight excluding hydrogens is 310 g/mol. The summed E-state index contributed by atoms with van der Waals surface area (Å²) in [5.74, 6) is 0.333. The van der Waals surface area contributed by atoms with E-state index in [1.165, 1.54) is 0 Å². The van der Waals surface area contributed by atoms with Crippen molar-refractivity contribution in [1.29, 1.82) is 0 Å². The molecule has 23 heavy (non-hydrogen) atoms. The molecule has 0 radical (unpaired) electrons. The minimum absolute atomic E-state index is 0.0707. The number of hydrogen-bond donors (Lipinski definition) is 2. The molecule has 0 aliphatic carbocycles. The van der Waals surface area contributed by atoms with Gasteiger partial charge in [-0.15, -0.1) is 11.3 Å². The zero-order valence-corrected chi connectivity index (χ0v) is 14.0. The predicted molar refractivity (Wildman–Crippen MR) is 92.7 cm³/mol. The average Bonchev–Trinajstić information content (AvgIpc) is 3.02. The molecule has 2 amide bonds. The Morgan fingerprint density at radius 2 is 2.04 bits per heavy atom. The summed E-state index contributed by atoms with van der Waals surface area (Å²) in [6.07, 6.45) is 1.73. The number of carbonyl (C=O) groups is 1. The summed E-state index contributed by atoms with van der Waals surface area (Å²) in [5, 5.41) is 15.2. The van der Waals surface area contributed by atoms with Crippen molar-refractivity contribution in [1.82, 2.24) is 9.88 Å². The van der Waals surface area contributed by atoms with Crippen LogP contribution in [0.25, 0.3) is 11.3 Å². The fourth-order valence-electron chi connectivity index (χ4n) is 2.74. The molecule has 1 aromatic heterocycles. The van der Waals surface area contributed by atoms with E-state index in [0.717, 1.165) is 34.8 Å². The largest absolute Gasteiger partial charge is 0.396 e. The van der Waals surface area contributed by atoms with Crippen LogP contribution in [0.5, 0.6) is 0 Å². The summed E-state index contributed by atoms with van der Waals surface area (Å²) < 4.78 is 0. The first-order chi connectivity index (χ1) is 11.2. The van der Waals surface area contributed by atoms with Crippen molar-refractivity contribution in [2.24, 2.45) is 5.92 Å². The van der Waals surface area contributed by atoms with Crippen molar-refractivity contribution in [3.63, 3.8) is 0 Å². The molecule has 3 rings (SSSR count). The van der Waals surface area contributed by atoms with E-state index in [1.54, 1.807) is 11.3 Å². The quantitative estimate of drug-likeness (QED) is 0.906. The second-order valence-corrected chi connectivity index (χ2v) is 6.93. The van der Waals surface area contributed by atoms with Crippen LogP contribution < -0.4 is 5.32 Å². The number of hydrogen-bond acceptors (Lipinski definition) is 4. The lowest BCUT2D eigenvalue weighted by Gasteiger charge is -2.31. The van der Waals surface area contributed by atoms with Crippen LogP contribution in [0, 0.1) is 12.8 Å². The second kappa shape index (κ2) is 7.10. The van der Waals surface area contributed by atoms with E-state index in [0.29, 0.717) is 19.0 Å². The van der Waals surface area contributed by atoms with Gasteiger partial charge in [0.25, 0.3) is 0 Å². The summed E-state index contributed by atoms with van der Waals surface area (Å²) in [6, 6.07) is 7.69. The van der Waals surface area contributed by atoms with Crippen molar-refractivity contribution in [2.75, 3.05) is 25.0 Å². The Kier molecular flexibility index (Phi) is 4.93. The fraction of sp³-hybridized carbons (Fsp3) is 0.412. The lowest BCUT2D eigenvalue weighted by Crippen LogP contribution is -2.41. The van der Waals surface area contributed by atoms with Crippen molar-refractivity contribution in [3.05, 3.63) is 34.7 Å². The van der Waals surface area contributed by atoms with Crippen LogP contribution in [0.2, 0.25) is 0 Å². The van der Waals surface area contributed by atoms with Crippen molar-refractivity contribution in [3.8, 4) is 11.3 Å². The van der Waals surface area contributed by atoms with Crippen LogP contribution >= 0.6 is 11.3 Å². The number of amides is 2. The predicted octanol–water partition coefficient (Wildman–Crippen LogP) is 3.35. The van der Waals surface area contributed by atoms with Crippen molar-refractivity contribution >= 4 is 23.1 Å². The highest BCUT2D eigenvalue weighted by molar-refractivity contribution is 7.09. The summed E-state index contributed by atoms with van der Waals surface area (Å²) in [5.41, 5.74) is 2.81.